The van der Waals surface area contributed by atoms with Crippen LogP contribution in [0.2, 0.25) is 0 Å². The zero-order valence-electron chi connectivity index (χ0n) is 18.7. The first-order valence-corrected chi connectivity index (χ1v) is 9.13. The Morgan fingerprint density at radius 3 is 1.07 bits per heavy atom. The Hall–Kier alpha value is -1.83. The van der Waals surface area contributed by atoms with Gasteiger partial charge in [0.25, 0.3) is 0 Å². The summed E-state index contributed by atoms with van der Waals surface area (Å²) in [6.45, 7) is 8.50. The van der Waals surface area contributed by atoms with E-state index in [9.17, 15) is 14.4 Å². The lowest BCUT2D eigenvalue weighted by atomic mass is 10.4. The highest BCUT2D eigenvalue weighted by Gasteiger charge is 2.15. The van der Waals surface area contributed by atoms with Gasteiger partial charge in [-0.2, -0.15) is 0 Å². The van der Waals surface area contributed by atoms with Crippen LogP contribution in [-0.4, -0.2) is 107 Å². The fourth-order valence-electron chi connectivity index (χ4n) is 0.829. The molecule has 30 heavy (non-hydrogen) atoms. The van der Waals surface area contributed by atoms with Crippen LogP contribution in [0.5, 0.6) is 0 Å². The first kappa shape index (κ1) is 38.7. The van der Waals surface area contributed by atoms with Gasteiger partial charge < -0.3 is 44.8 Å². The van der Waals surface area contributed by atoms with E-state index in [1.807, 2.05) is 0 Å². The molecule has 12 heteroatoms. The van der Waals surface area contributed by atoms with Crippen molar-refractivity contribution in [3.05, 3.63) is 0 Å². The molecule has 0 spiro atoms. The lowest BCUT2D eigenvalue weighted by Crippen LogP contribution is -2.29. The van der Waals surface area contributed by atoms with Crippen LogP contribution < -0.4 is 0 Å². The van der Waals surface area contributed by atoms with E-state index in [0.29, 0.717) is 0 Å². The third kappa shape index (κ3) is 63.4. The van der Waals surface area contributed by atoms with Crippen molar-refractivity contribution in [2.45, 2.75) is 53.8 Å². The van der Waals surface area contributed by atoms with E-state index in [1.54, 1.807) is 20.8 Å². The molecular formula is C18H40O12. The lowest BCUT2D eigenvalue weighted by Gasteiger charge is -2.15. The normalized spacial score (nSPS) is 8.60. The van der Waals surface area contributed by atoms with Crippen molar-refractivity contribution in [3.8, 4) is 0 Å². The van der Waals surface area contributed by atoms with Gasteiger partial charge in [-0.05, 0) is 20.8 Å². The maximum Gasteiger partial charge on any atom is 0.303 e. The summed E-state index contributed by atoms with van der Waals surface area (Å²) in [7, 11) is 0. The molecule has 0 aromatic rings. The highest BCUT2D eigenvalue weighted by molar-refractivity contribution is 5.67. The van der Waals surface area contributed by atoms with Crippen LogP contribution >= 0.6 is 0 Å². The maximum atomic E-state index is 10.6. The van der Waals surface area contributed by atoms with Crippen molar-refractivity contribution >= 4 is 17.9 Å². The van der Waals surface area contributed by atoms with Crippen LogP contribution in [0, 0.1) is 0 Å². The van der Waals surface area contributed by atoms with Gasteiger partial charge in [0, 0.05) is 40.6 Å². The molecule has 0 aromatic carbocycles. The third-order valence-corrected chi connectivity index (χ3v) is 1.70. The van der Waals surface area contributed by atoms with E-state index >= 15 is 0 Å². The van der Waals surface area contributed by atoms with E-state index in [0.717, 1.165) is 0 Å². The lowest BCUT2D eigenvalue weighted by molar-refractivity contribution is -0.163. The molecule has 0 aliphatic heterocycles. The predicted molar refractivity (Wildman–Crippen MR) is 107 cm³/mol. The molecule has 0 aliphatic carbocycles. The van der Waals surface area contributed by atoms with E-state index in [-0.39, 0.29) is 46.2 Å². The maximum absolute atomic E-state index is 10.6. The van der Waals surface area contributed by atoms with Crippen LogP contribution in [0.1, 0.15) is 41.5 Å². The molecule has 0 rings (SSSR count). The molecule has 6 N–H and O–H groups in total. The van der Waals surface area contributed by atoms with Crippen molar-refractivity contribution in [3.63, 3.8) is 0 Å². The number of carbonyl (C=O) groups excluding carboxylic acids is 3. The zero-order valence-corrected chi connectivity index (χ0v) is 18.7. The van der Waals surface area contributed by atoms with Crippen LogP contribution in [0.4, 0.5) is 0 Å². The van der Waals surface area contributed by atoms with E-state index in [4.69, 9.17) is 35.4 Å². The van der Waals surface area contributed by atoms with Crippen LogP contribution in [0.25, 0.3) is 0 Å². The summed E-state index contributed by atoms with van der Waals surface area (Å²) in [4.78, 5) is 31.6. The van der Waals surface area contributed by atoms with Gasteiger partial charge in [0.1, 0.15) is 19.3 Å². The summed E-state index contributed by atoms with van der Waals surface area (Å²) < 4.78 is 14.0. The standard InChI is InChI=1S/C9H14O6.C3H8O3.3C2H6O/c1-6(10)13-4-9(15-8(3)12)5-14-7(2)11;4-1-3(6)2-5;3*1-2-3/h9H,4-5H2,1-3H3;3-6H,1-2H2;3*3H,2H2,1H3. The predicted octanol–water partition coefficient (Wildman–Crippen LogP) is -1.63. The number of aliphatic hydroxyl groups is 6. The Kier molecular flexibility index (Phi) is 44.8. The number of hydrogen-bond acceptors (Lipinski definition) is 12. The minimum absolute atomic E-state index is 0.123. The van der Waals surface area contributed by atoms with Crippen molar-refractivity contribution in [1.29, 1.82) is 0 Å². The molecular weight excluding hydrogens is 408 g/mol. The van der Waals surface area contributed by atoms with Crippen LogP contribution in [0.3, 0.4) is 0 Å². The van der Waals surface area contributed by atoms with E-state index in [2.05, 4.69) is 9.47 Å². The molecule has 0 atom stereocenters. The molecule has 184 valence electrons. The third-order valence-electron chi connectivity index (χ3n) is 1.70. The monoisotopic (exact) mass is 448 g/mol. The molecule has 0 amide bonds. The molecule has 12 nitrogen and oxygen atoms in total. The minimum Gasteiger partial charge on any atom is -0.462 e. The summed E-state index contributed by atoms with van der Waals surface area (Å²) in [5.41, 5.74) is 0. The number of esters is 3. The molecule has 0 fully saturated rings. The van der Waals surface area contributed by atoms with Gasteiger partial charge in [0.05, 0.1) is 13.2 Å². The quantitative estimate of drug-likeness (QED) is 0.192. The van der Waals surface area contributed by atoms with E-state index < -0.39 is 30.1 Å². The highest BCUT2D eigenvalue weighted by atomic mass is 16.6. The van der Waals surface area contributed by atoms with Gasteiger partial charge in [0.2, 0.25) is 0 Å². The molecule has 0 aromatic heterocycles. The average molecular weight is 449 g/mol. The number of ether oxygens (including phenoxy) is 3. The van der Waals surface area contributed by atoms with Gasteiger partial charge in [-0.1, -0.05) is 0 Å². The molecule has 0 heterocycles. The van der Waals surface area contributed by atoms with Gasteiger partial charge in [-0.15, -0.1) is 0 Å². The van der Waals surface area contributed by atoms with Crippen molar-refractivity contribution in [2.24, 2.45) is 0 Å². The molecule has 0 radical (unpaired) electrons. The topological polar surface area (TPSA) is 200 Å². The van der Waals surface area contributed by atoms with Crippen molar-refractivity contribution in [1.82, 2.24) is 0 Å². The summed E-state index contributed by atoms with van der Waals surface area (Å²) in [6.07, 6.45) is -1.71. The first-order valence-electron chi connectivity index (χ1n) is 9.13. The Labute approximate surface area is 178 Å². The number of aliphatic hydroxyl groups excluding tert-OH is 6. The average Bonchev–Trinajstić information content (AvgIpc) is 2.65. The number of rotatable bonds is 7. The van der Waals surface area contributed by atoms with Gasteiger partial charge in [0.15, 0.2) is 6.10 Å². The minimum atomic E-state index is -0.954. The molecule has 0 unspecified atom stereocenters. The smallest absolute Gasteiger partial charge is 0.303 e. The summed E-state index contributed by atoms with van der Waals surface area (Å²) >= 11 is 0. The molecule has 0 saturated carbocycles. The van der Waals surface area contributed by atoms with Gasteiger partial charge in [-0.3, -0.25) is 14.4 Å². The second-order valence-corrected chi connectivity index (χ2v) is 4.80. The molecule has 0 saturated heterocycles. The second-order valence-electron chi connectivity index (χ2n) is 4.80. The largest absolute Gasteiger partial charge is 0.462 e. The Balaban J connectivity index is -0.000000114. The molecule has 0 bridgehead atoms. The van der Waals surface area contributed by atoms with Crippen molar-refractivity contribution < 1.29 is 59.2 Å². The fourth-order valence-corrected chi connectivity index (χ4v) is 0.829. The second kappa shape index (κ2) is 34.7. The van der Waals surface area contributed by atoms with Crippen molar-refractivity contribution in [2.75, 3.05) is 46.2 Å². The number of hydrogen-bond donors (Lipinski definition) is 6. The van der Waals surface area contributed by atoms with Crippen LogP contribution in [0.15, 0.2) is 0 Å². The summed E-state index contributed by atoms with van der Waals surface area (Å²) in [6, 6.07) is 0. The fraction of sp³-hybridized carbons (Fsp3) is 0.833. The van der Waals surface area contributed by atoms with Gasteiger partial charge >= 0.3 is 17.9 Å². The van der Waals surface area contributed by atoms with E-state index in [1.165, 1.54) is 20.8 Å². The molecule has 0 aliphatic rings. The number of carbonyl (C=O) groups is 3. The van der Waals surface area contributed by atoms with Gasteiger partial charge in [-0.25, -0.2) is 0 Å². The Morgan fingerprint density at radius 2 is 0.933 bits per heavy atom. The SMILES string of the molecule is CC(=O)OCC(COC(C)=O)OC(C)=O.CCO.CCO.CCO.OCC(O)CO. The highest BCUT2D eigenvalue weighted by Crippen LogP contribution is 1.97. The zero-order chi connectivity index (χ0) is 25.0. The Morgan fingerprint density at radius 1 is 0.667 bits per heavy atom. The summed E-state index contributed by atoms with van der Waals surface area (Å²) in [5, 5.41) is 46.7. The summed E-state index contributed by atoms with van der Waals surface area (Å²) in [5.74, 6) is -1.51. The van der Waals surface area contributed by atoms with Crippen LogP contribution in [-0.2, 0) is 28.6 Å². The first-order chi connectivity index (χ1) is 14.0. The Bertz CT molecular complexity index is 336.